The minimum atomic E-state index is -0.172. The number of anilines is 1. The monoisotopic (exact) mass is 273 g/mol. The number of rotatable bonds is 3. The lowest BCUT2D eigenvalue weighted by atomic mass is 10.1. The number of thiazole rings is 1. The lowest BCUT2D eigenvalue weighted by Crippen LogP contribution is -2.13. The van der Waals surface area contributed by atoms with E-state index in [9.17, 15) is 4.79 Å². The van der Waals surface area contributed by atoms with Crippen molar-refractivity contribution in [3.05, 3.63) is 45.4 Å². The largest absolute Gasteiger partial charge is 0.325 e. The van der Waals surface area contributed by atoms with Crippen LogP contribution in [0.4, 0.5) is 5.69 Å². The van der Waals surface area contributed by atoms with E-state index in [4.69, 9.17) is 5.73 Å². The highest BCUT2D eigenvalue weighted by atomic mass is 32.1. The van der Waals surface area contributed by atoms with E-state index in [1.165, 1.54) is 28.9 Å². The number of hydrogen-bond donors (Lipinski definition) is 2. The third-order valence-corrected chi connectivity index (χ3v) is 4.19. The Balaban J connectivity index is 1.75. The van der Waals surface area contributed by atoms with Gasteiger partial charge in [-0.15, -0.1) is 11.3 Å². The Morgan fingerprint density at radius 3 is 3.00 bits per heavy atom. The van der Waals surface area contributed by atoms with E-state index >= 15 is 0 Å². The predicted molar refractivity (Wildman–Crippen MR) is 76.4 cm³/mol. The van der Waals surface area contributed by atoms with Crippen LogP contribution in [0, 0.1) is 0 Å². The zero-order valence-electron chi connectivity index (χ0n) is 10.5. The maximum atomic E-state index is 12.0. The van der Waals surface area contributed by atoms with Crippen LogP contribution in [0.2, 0.25) is 0 Å². The summed E-state index contributed by atoms with van der Waals surface area (Å²) >= 11 is 1.41. The van der Waals surface area contributed by atoms with Gasteiger partial charge in [0, 0.05) is 17.6 Å². The zero-order valence-corrected chi connectivity index (χ0v) is 11.3. The molecule has 2 aromatic rings. The summed E-state index contributed by atoms with van der Waals surface area (Å²) in [6.45, 7) is 0.372. The van der Waals surface area contributed by atoms with Gasteiger partial charge >= 0.3 is 0 Å². The summed E-state index contributed by atoms with van der Waals surface area (Å²) in [6.07, 6.45) is 3.46. The number of nitrogens with one attached hydrogen (secondary N) is 1. The molecule has 5 heteroatoms. The predicted octanol–water partition coefficient (Wildman–Crippen LogP) is 2.34. The van der Waals surface area contributed by atoms with Crippen molar-refractivity contribution in [3.63, 3.8) is 0 Å². The molecule has 4 nitrogen and oxygen atoms in total. The molecule has 1 aromatic carbocycles. The van der Waals surface area contributed by atoms with Crippen LogP contribution < -0.4 is 11.1 Å². The van der Waals surface area contributed by atoms with Crippen LogP contribution in [0.25, 0.3) is 0 Å². The molecule has 1 aliphatic carbocycles. The first-order valence-corrected chi connectivity index (χ1v) is 7.22. The molecule has 0 atom stereocenters. The topological polar surface area (TPSA) is 68.0 Å². The van der Waals surface area contributed by atoms with Gasteiger partial charge in [0.2, 0.25) is 0 Å². The van der Waals surface area contributed by atoms with Gasteiger partial charge in [-0.2, -0.15) is 0 Å². The minimum absolute atomic E-state index is 0.172. The molecular weight excluding hydrogens is 258 g/mol. The third kappa shape index (κ3) is 2.52. The van der Waals surface area contributed by atoms with Crippen LogP contribution in [0.15, 0.2) is 23.6 Å². The molecule has 98 valence electrons. The quantitative estimate of drug-likeness (QED) is 0.902. The third-order valence-electron chi connectivity index (χ3n) is 3.32. The summed E-state index contributed by atoms with van der Waals surface area (Å²) in [4.78, 5) is 16.2. The normalized spacial score (nSPS) is 13.3. The van der Waals surface area contributed by atoms with E-state index in [1.54, 1.807) is 5.38 Å². The van der Waals surface area contributed by atoms with E-state index in [-0.39, 0.29) is 5.91 Å². The standard InChI is InChI=1S/C14H15N3OS/c15-7-13-17-12(8-19-13)14(18)16-11-5-4-9-2-1-3-10(9)6-11/h4-6,8H,1-3,7,15H2,(H,16,18). The van der Waals surface area contributed by atoms with E-state index in [2.05, 4.69) is 22.4 Å². The van der Waals surface area contributed by atoms with Crippen molar-refractivity contribution in [2.75, 3.05) is 5.32 Å². The molecular formula is C14H15N3OS. The first-order valence-electron chi connectivity index (χ1n) is 6.34. The van der Waals surface area contributed by atoms with Crippen LogP contribution in [-0.4, -0.2) is 10.9 Å². The van der Waals surface area contributed by atoms with Crippen molar-refractivity contribution in [1.29, 1.82) is 0 Å². The Morgan fingerprint density at radius 2 is 2.21 bits per heavy atom. The summed E-state index contributed by atoms with van der Waals surface area (Å²) in [5, 5.41) is 5.41. The minimum Gasteiger partial charge on any atom is -0.325 e. The molecule has 1 aromatic heterocycles. The molecule has 0 unspecified atom stereocenters. The summed E-state index contributed by atoms with van der Waals surface area (Å²) < 4.78 is 0. The van der Waals surface area contributed by atoms with Crippen LogP contribution in [0.1, 0.15) is 33.0 Å². The van der Waals surface area contributed by atoms with Gasteiger partial charge in [-0.3, -0.25) is 4.79 Å². The van der Waals surface area contributed by atoms with E-state index < -0.39 is 0 Å². The molecule has 1 amide bonds. The van der Waals surface area contributed by atoms with Gasteiger partial charge in [-0.25, -0.2) is 4.98 Å². The van der Waals surface area contributed by atoms with Crippen LogP contribution in [0.3, 0.4) is 0 Å². The number of nitrogens with two attached hydrogens (primary N) is 1. The van der Waals surface area contributed by atoms with E-state index in [0.29, 0.717) is 12.2 Å². The highest BCUT2D eigenvalue weighted by molar-refractivity contribution is 7.09. The highest BCUT2D eigenvalue weighted by Crippen LogP contribution is 2.25. The first kappa shape index (κ1) is 12.3. The fourth-order valence-electron chi connectivity index (χ4n) is 2.35. The summed E-state index contributed by atoms with van der Waals surface area (Å²) in [5.74, 6) is -0.172. The van der Waals surface area contributed by atoms with Gasteiger partial charge in [0.15, 0.2) is 0 Å². The van der Waals surface area contributed by atoms with Crippen molar-refractivity contribution < 1.29 is 4.79 Å². The molecule has 1 heterocycles. The average Bonchev–Trinajstić information content (AvgIpc) is 3.06. The first-order chi connectivity index (χ1) is 9.26. The molecule has 0 saturated heterocycles. The lowest BCUT2D eigenvalue weighted by molar-refractivity contribution is 0.102. The number of nitrogens with zero attached hydrogens (tertiary/aromatic N) is 1. The fraction of sp³-hybridized carbons (Fsp3) is 0.286. The molecule has 0 fully saturated rings. The number of aromatic nitrogens is 1. The second-order valence-electron chi connectivity index (χ2n) is 4.62. The van der Waals surface area contributed by atoms with Gasteiger partial charge < -0.3 is 11.1 Å². The Kier molecular flexibility index (Phi) is 3.31. The second-order valence-corrected chi connectivity index (χ2v) is 5.56. The number of carbonyl (C=O) groups excluding carboxylic acids is 1. The van der Waals surface area contributed by atoms with Crippen LogP contribution in [0.5, 0.6) is 0 Å². The van der Waals surface area contributed by atoms with E-state index in [1.807, 2.05) is 6.07 Å². The molecule has 0 saturated carbocycles. The van der Waals surface area contributed by atoms with Gasteiger partial charge in [0.05, 0.1) is 0 Å². The Hall–Kier alpha value is -1.72. The number of carbonyl (C=O) groups is 1. The molecule has 3 N–H and O–H groups in total. The van der Waals surface area contributed by atoms with Crippen LogP contribution in [-0.2, 0) is 19.4 Å². The second kappa shape index (κ2) is 5.11. The fourth-order valence-corrected chi connectivity index (χ4v) is 3.01. The smallest absolute Gasteiger partial charge is 0.275 e. The highest BCUT2D eigenvalue weighted by Gasteiger charge is 2.14. The number of hydrogen-bond acceptors (Lipinski definition) is 4. The Morgan fingerprint density at radius 1 is 1.37 bits per heavy atom. The van der Waals surface area contributed by atoms with Crippen molar-refractivity contribution in [2.45, 2.75) is 25.8 Å². The molecule has 1 aliphatic rings. The summed E-state index contributed by atoms with van der Waals surface area (Å²) in [5.41, 5.74) is 9.52. The molecule has 0 radical (unpaired) electrons. The van der Waals surface area contributed by atoms with Gasteiger partial charge in [-0.1, -0.05) is 6.07 Å². The molecule has 0 bridgehead atoms. The molecule has 19 heavy (non-hydrogen) atoms. The molecule has 3 rings (SSSR count). The lowest BCUT2D eigenvalue weighted by Gasteiger charge is -2.06. The van der Waals surface area contributed by atoms with Gasteiger partial charge in [0.25, 0.3) is 5.91 Å². The van der Waals surface area contributed by atoms with Crippen molar-refractivity contribution in [3.8, 4) is 0 Å². The van der Waals surface area contributed by atoms with Crippen molar-refractivity contribution in [2.24, 2.45) is 5.73 Å². The van der Waals surface area contributed by atoms with E-state index in [0.717, 1.165) is 23.5 Å². The Bertz CT molecular complexity index is 621. The Labute approximate surface area is 115 Å². The van der Waals surface area contributed by atoms with Gasteiger partial charge in [0.1, 0.15) is 10.7 Å². The van der Waals surface area contributed by atoms with Crippen molar-refractivity contribution in [1.82, 2.24) is 4.98 Å². The SMILES string of the molecule is NCc1nc(C(=O)Nc2ccc3c(c2)CCC3)cs1. The van der Waals surface area contributed by atoms with Gasteiger partial charge in [-0.05, 0) is 42.5 Å². The maximum Gasteiger partial charge on any atom is 0.275 e. The summed E-state index contributed by atoms with van der Waals surface area (Å²) in [6, 6.07) is 6.12. The number of amides is 1. The number of aryl methyl sites for hydroxylation is 2. The maximum absolute atomic E-state index is 12.0. The average molecular weight is 273 g/mol. The van der Waals surface area contributed by atoms with Crippen molar-refractivity contribution >= 4 is 22.9 Å². The molecule has 0 aliphatic heterocycles. The summed E-state index contributed by atoms with van der Waals surface area (Å²) in [7, 11) is 0. The number of benzene rings is 1. The zero-order chi connectivity index (χ0) is 13.2. The molecule has 0 spiro atoms. The number of fused-ring (bicyclic) bond motifs is 1. The van der Waals surface area contributed by atoms with Crippen LogP contribution >= 0.6 is 11.3 Å².